The van der Waals surface area contributed by atoms with E-state index >= 15 is 0 Å². The zero-order valence-corrected chi connectivity index (χ0v) is 20.3. The second kappa shape index (κ2) is 8.71. The number of aromatic nitrogens is 2. The second-order valence-electron chi connectivity index (χ2n) is 9.66. The zero-order chi connectivity index (χ0) is 22.6. The number of carbonyl (C=O) groups excluding carboxylic acids is 1. The summed E-state index contributed by atoms with van der Waals surface area (Å²) in [5, 5.41) is 0.582. The standard InChI is InChI=1S/C26H29N5O2.ClH/c1-28-14-16-29(17-15-28)20-10-8-19(9-11-20)18-30-24(33)26(12-4-5-13-26)31-23(32)21-6-2-3-7-22(21)27-25(30)31;/h2-3,6-11H,4-5,12-18H2,1H3;1H. The number of hydrogen-bond acceptors (Lipinski definition) is 5. The van der Waals surface area contributed by atoms with Crippen LogP contribution in [0.25, 0.3) is 10.9 Å². The fourth-order valence-corrected chi connectivity index (χ4v) is 5.72. The Kier molecular flexibility index (Phi) is 5.86. The highest BCUT2D eigenvalue weighted by molar-refractivity contribution is 6.02. The minimum Gasteiger partial charge on any atom is -0.369 e. The number of anilines is 2. The molecule has 3 aromatic rings. The number of rotatable bonds is 3. The fourth-order valence-electron chi connectivity index (χ4n) is 5.72. The molecular formula is C26H30ClN5O2. The number of hydrogen-bond donors (Lipinski definition) is 0. The average molecular weight is 480 g/mol. The molecule has 2 aliphatic heterocycles. The summed E-state index contributed by atoms with van der Waals surface area (Å²) >= 11 is 0. The molecule has 34 heavy (non-hydrogen) atoms. The second-order valence-corrected chi connectivity index (χ2v) is 9.66. The molecule has 1 saturated heterocycles. The number of piperazine rings is 1. The maximum atomic E-state index is 13.8. The first-order chi connectivity index (χ1) is 16.1. The molecule has 0 unspecified atom stereocenters. The summed E-state index contributed by atoms with van der Waals surface area (Å²) in [4.78, 5) is 38.6. The van der Waals surface area contributed by atoms with Gasteiger partial charge in [-0.1, -0.05) is 37.1 Å². The van der Waals surface area contributed by atoms with Crippen LogP contribution >= 0.6 is 12.4 Å². The third kappa shape index (κ3) is 3.49. The molecule has 8 heteroatoms. The van der Waals surface area contributed by atoms with E-state index in [9.17, 15) is 9.59 Å². The normalized spacial score (nSPS) is 19.6. The Hall–Kier alpha value is -2.90. The quantitative estimate of drug-likeness (QED) is 0.576. The molecule has 0 bridgehead atoms. The molecular weight excluding hydrogens is 450 g/mol. The van der Waals surface area contributed by atoms with Gasteiger partial charge < -0.3 is 9.80 Å². The Balaban J connectivity index is 0.00000241. The highest BCUT2D eigenvalue weighted by Gasteiger charge is 2.53. The van der Waals surface area contributed by atoms with Crippen LogP contribution in [-0.4, -0.2) is 53.6 Å². The van der Waals surface area contributed by atoms with E-state index in [0.717, 1.165) is 44.6 Å². The Bertz CT molecular complexity index is 1270. The van der Waals surface area contributed by atoms with E-state index in [1.54, 1.807) is 9.47 Å². The lowest BCUT2D eigenvalue weighted by molar-refractivity contribution is -0.125. The van der Waals surface area contributed by atoms with Gasteiger partial charge in [-0.25, -0.2) is 4.98 Å². The maximum absolute atomic E-state index is 13.8. The van der Waals surface area contributed by atoms with Crippen molar-refractivity contribution in [2.24, 2.45) is 0 Å². The van der Waals surface area contributed by atoms with Crippen molar-refractivity contribution in [1.29, 1.82) is 0 Å². The van der Waals surface area contributed by atoms with Crippen molar-refractivity contribution < 1.29 is 4.79 Å². The summed E-state index contributed by atoms with van der Waals surface area (Å²) in [6, 6.07) is 15.9. The molecule has 1 saturated carbocycles. The minimum absolute atomic E-state index is 0. The number of carbonyl (C=O) groups is 1. The largest absolute Gasteiger partial charge is 0.369 e. The van der Waals surface area contributed by atoms with Crippen LogP contribution in [0.1, 0.15) is 31.2 Å². The molecule has 2 fully saturated rings. The van der Waals surface area contributed by atoms with Crippen molar-refractivity contribution >= 4 is 40.9 Å². The molecule has 1 aliphatic carbocycles. The lowest BCUT2D eigenvalue weighted by Crippen LogP contribution is -2.44. The van der Waals surface area contributed by atoms with E-state index in [2.05, 4.69) is 41.1 Å². The number of benzene rings is 2. The molecule has 1 spiro atoms. The van der Waals surface area contributed by atoms with Gasteiger partial charge in [0, 0.05) is 31.9 Å². The van der Waals surface area contributed by atoms with Gasteiger partial charge in [0.25, 0.3) is 11.5 Å². The molecule has 3 heterocycles. The first kappa shape index (κ1) is 22.9. The molecule has 3 aliphatic rings. The van der Waals surface area contributed by atoms with Crippen LogP contribution in [0.5, 0.6) is 0 Å². The molecule has 7 nitrogen and oxygen atoms in total. The number of nitrogens with zero attached hydrogens (tertiary/aromatic N) is 5. The third-order valence-corrected chi connectivity index (χ3v) is 7.65. The van der Waals surface area contributed by atoms with Crippen LogP contribution in [0.2, 0.25) is 0 Å². The number of fused-ring (bicyclic) bond motifs is 3. The van der Waals surface area contributed by atoms with E-state index in [-0.39, 0.29) is 23.9 Å². The molecule has 0 radical (unpaired) electrons. The lowest BCUT2D eigenvalue weighted by atomic mass is 9.96. The Morgan fingerprint density at radius 2 is 1.59 bits per heavy atom. The van der Waals surface area contributed by atoms with Gasteiger partial charge in [0.1, 0.15) is 5.54 Å². The van der Waals surface area contributed by atoms with Crippen molar-refractivity contribution in [3.63, 3.8) is 0 Å². The average Bonchev–Trinajstić information content (AvgIpc) is 3.41. The van der Waals surface area contributed by atoms with Gasteiger partial charge in [-0.3, -0.25) is 19.1 Å². The molecule has 1 amide bonds. The Labute approximate surface area is 205 Å². The Morgan fingerprint density at radius 3 is 2.29 bits per heavy atom. The van der Waals surface area contributed by atoms with Crippen molar-refractivity contribution in [2.75, 3.05) is 43.0 Å². The topological polar surface area (TPSA) is 61.7 Å². The van der Waals surface area contributed by atoms with Crippen LogP contribution in [0, 0.1) is 0 Å². The van der Waals surface area contributed by atoms with Crippen LogP contribution in [0.15, 0.2) is 53.3 Å². The minimum atomic E-state index is -0.775. The van der Waals surface area contributed by atoms with Crippen LogP contribution in [0.4, 0.5) is 11.6 Å². The summed E-state index contributed by atoms with van der Waals surface area (Å²) in [6.45, 7) is 4.61. The number of halogens is 1. The van der Waals surface area contributed by atoms with E-state index in [4.69, 9.17) is 4.98 Å². The molecule has 2 aromatic carbocycles. The number of amides is 1. The highest BCUT2D eigenvalue weighted by atomic mass is 35.5. The zero-order valence-electron chi connectivity index (χ0n) is 19.4. The maximum Gasteiger partial charge on any atom is 0.263 e. The fraction of sp³-hybridized carbons (Fsp3) is 0.423. The van der Waals surface area contributed by atoms with E-state index in [1.165, 1.54) is 5.69 Å². The molecule has 0 N–H and O–H groups in total. The monoisotopic (exact) mass is 479 g/mol. The Morgan fingerprint density at radius 1 is 0.912 bits per heavy atom. The number of para-hydroxylation sites is 1. The van der Waals surface area contributed by atoms with Crippen LogP contribution in [-0.2, 0) is 16.9 Å². The SMILES string of the molecule is CN1CCN(c2ccc(CN3C(=O)C4(CCCC4)n4c3nc3ccccc3c4=O)cc2)CC1.Cl. The van der Waals surface area contributed by atoms with Gasteiger partial charge in [0.15, 0.2) is 0 Å². The van der Waals surface area contributed by atoms with Crippen molar-refractivity contribution in [1.82, 2.24) is 14.5 Å². The predicted octanol–water partition coefficient (Wildman–Crippen LogP) is 3.39. The summed E-state index contributed by atoms with van der Waals surface area (Å²) in [5.41, 5.74) is 2.03. The molecule has 6 rings (SSSR count). The summed E-state index contributed by atoms with van der Waals surface area (Å²) in [6.07, 6.45) is 3.32. The summed E-state index contributed by atoms with van der Waals surface area (Å²) in [5.74, 6) is 0.511. The first-order valence-corrected chi connectivity index (χ1v) is 11.9. The molecule has 0 atom stereocenters. The van der Waals surface area contributed by atoms with Crippen LogP contribution in [0.3, 0.4) is 0 Å². The van der Waals surface area contributed by atoms with Crippen LogP contribution < -0.4 is 15.4 Å². The predicted molar refractivity (Wildman–Crippen MR) is 137 cm³/mol. The van der Waals surface area contributed by atoms with Crippen molar-refractivity contribution in [3.05, 3.63) is 64.4 Å². The van der Waals surface area contributed by atoms with Gasteiger partial charge in [-0.2, -0.15) is 0 Å². The number of likely N-dealkylation sites (N-methyl/N-ethyl adjacent to an activating group) is 1. The van der Waals surface area contributed by atoms with Gasteiger partial charge in [0.2, 0.25) is 5.95 Å². The summed E-state index contributed by atoms with van der Waals surface area (Å²) < 4.78 is 1.71. The van der Waals surface area contributed by atoms with E-state index in [1.807, 2.05) is 24.3 Å². The smallest absolute Gasteiger partial charge is 0.263 e. The first-order valence-electron chi connectivity index (χ1n) is 11.9. The lowest BCUT2D eigenvalue weighted by Gasteiger charge is -2.34. The summed E-state index contributed by atoms with van der Waals surface area (Å²) in [7, 11) is 2.16. The van der Waals surface area contributed by atoms with E-state index in [0.29, 0.717) is 36.2 Å². The van der Waals surface area contributed by atoms with Gasteiger partial charge in [0.05, 0.1) is 17.4 Å². The van der Waals surface area contributed by atoms with Gasteiger partial charge >= 0.3 is 0 Å². The highest BCUT2D eigenvalue weighted by Crippen LogP contribution is 2.45. The van der Waals surface area contributed by atoms with Gasteiger partial charge in [-0.05, 0) is 49.7 Å². The van der Waals surface area contributed by atoms with Crippen molar-refractivity contribution in [3.8, 4) is 0 Å². The molecule has 178 valence electrons. The van der Waals surface area contributed by atoms with Crippen molar-refractivity contribution in [2.45, 2.75) is 37.8 Å². The van der Waals surface area contributed by atoms with E-state index < -0.39 is 5.54 Å². The molecule has 1 aromatic heterocycles. The third-order valence-electron chi connectivity index (χ3n) is 7.65. The van der Waals surface area contributed by atoms with Gasteiger partial charge in [-0.15, -0.1) is 12.4 Å².